The Labute approximate surface area is 95.7 Å². The van der Waals surface area contributed by atoms with Gasteiger partial charge in [-0.1, -0.05) is 23.3 Å². The van der Waals surface area contributed by atoms with Gasteiger partial charge < -0.3 is 0 Å². The molecule has 0 aromatic carbocycles. The van der Waals surface area contributed by atoms with Gasteiger partial charge in [-0.25, -0.2) is 0 Å². The number of allylic oxidation sites excluding steroid dienone is 3. The van der Waals surface area contributed by atoms with E-state index in [0.717, 1.165) is 24.8 Å². The van der Waals surface area contributed by atoms with E-state index >= 15 is 0 Å². The number of ketones is 1. The lowest BCUT2D eigenvalue weighted by atomic mass is 9.84. The molecule has 1 atom stereocenters. The second kappa shape index (κ2) is 6.13. The zero-order valence-corrected chi connectivity index (χ0v) is 9.65. The molecular weight excluding hydrogens is 202 g/mol. The van der Waals surface area contributed by atoms with Crippen LogP contribution in [0.4, 0.5) is 0 Å². The van der Waals surface area contributed by atoms with Crippen molar-refractivity contribution in [3.05, 3.63) is 34.2 Å². The van der Waals surface area contributed by atoms with Gasteiger partial charge in [0.15, 0.2) is 5.78 Å². The summed E-state index contributed by atoms with van der Waals surface area (Å²) < 4.78 is 0. The number of carbonyl (C=O) groups excluding carboxylic acids is 1. The van der Waals surface area contributed by atoms with E-state index in [1.165, 1.54) is 5.57 Å². The fraction of sp³-hybridized carbons (Fsp3) is 0.583. The molecule has 0 heterocycles. The molecule has 0 bridgehead atoms. The molecular formula is C12H17N3O. The molecule has 0 N–H and O–H groups in total. The largest absolute Gasteiger partial charge is 0.295 e. The van der Waals surface area contributed by atoms with Gasteiger partial charge in [-0.15, -0.1) is 0 Å². The van der Waals surface area contributed by atoms with E-state index in [1.807, 2.05) is 13.0 Å². The first-order valence-electron chi connectivity index (χ1n) is 5.53. The Kier molecular flexibility index (Phi) is 4.80. The van der Waals surface area contributed by atoms with Crippen LogP contribution in [0.3, 0.4) is 0 Å². The van der Waals surface area contributed by atoms with Gasteiger partial charge >= 0.3 is 0 Å². The van der Waals surface area contributed by atoms with Crippen LogP contribution in [-0.4, -0.2) is 12.3 Å². The van der Waals surface area contributed by atoms with Crippen molar-refractivity contribution >= 4 is 5.78 Å². The molecule has 1 aliphatic rings. The fourth-order valence-corrected chi connectivity index (χ4v) is 1.89. The number of hydrogen-bond donors (Lipinski definition) is 0. The van der Waals surface area contributed by atoms with E-state index in [-0.39, 0.29) is 12.3 Å². The lowest BCUT2D eigenvalue weighted by Gasteiger charge is -2.21. The zero-order chi connectivity index (χ0) is 12.0. The fourth-order valence-electron chi connectivity index (χ4n) is 1.89. The molecule has 0 saturated carbocycles. The molecule has 0 aromatic heterocycles. The highest BCUT2D eigenvalue weighted by molar-refractivity contribution is 5.95. The molecule has 0 aliphatic heterocycles. The third kappa shape index (κ3) is 3.55. The van der Waals surface area contributed by atoms with Crippen molar-refractivity contribution in [1.29, 1.82) is 0 Å². The van der Waals surface area contributed by atoms with Crippen LogP contribution in [0.1, 0.15) is 32.6 Å². The van der Waals surface area contributed by atoms with Gasteiger partial charge in [-0.05, 0) is 43.2 Å². The summed E-state index contributed by atoms with van der Waals surface area (Å²) in [6, 6.07) is 0. The number of carbonyl (C=O) groups is 1. The van der Waals surface area contributed by atoms with E-state index in [9.17, 15) is 4.79 Å². The molecule has 16 heavy (non-hydrogen) atoms. The van der Waals surface area contributed by atoms with Gasteiger partial charge in [0.2, 0.25) is 0 Å². The molecule has 86 valence electrons. The third-order valence-electron chi connectivity index (χ3n) is 2.97. The predicted molar refractivity (Wildman–Crippen MR) is 63.9 cm³/mol. The minimum absolute atomic E-state index is 0.118. The van der Waals surface area contributed by atoms with Crippen molar-refractivity contribution < 1.29 is 4.79 Å². The summed E-state index contributed by atoms with van der Waals surface area (Å²) in [6.45, 7) is 6.24. The Balaban J connectivity index is 2.47. The van der Waals surface area contributed by atoms with E-state index in [2.05, 4.69) is 16.6 Å². The van der Waals surface area contributed by atoms with Crippen LogP contribution in [-0.2, 0) is 4.79 Å². The Morgan fingerprint density at radius 1 is 1.75 bits per heavy atom. The number of Topliss-reactive ketones (excluding diaryl/α,β-unsaturated/α-hetero) is 1. The van der Waals surface area contributed by atoms with Gasteiger partial charge in [0.05, 0.1) is 0 Å². The van der Waals surface area contributed by atoms with Gasteiger partial charge in [0, 0.05) is 17.9 Å². The predicted octanol–water partition coefficient (Wildman–Crippen LogP) is 3.56. The molecule has 0 fully saturated rings. The molecule has 4 nitrogen and oxygen atoms in total. The normalized spacial score (nSPS) is 19.6. The molecule has 1 aliphatic carbocycles. The third-order valence-corrected chi connectivity index (χ3v) is 2.97. The molecule has 0 amide bonds. The highest BCUT2D eigenvalue weighted by Gasteiger charge is 2.18. The summed E-state index contributed by atoms with van der Waals surface area (Å²) in [7, 11) is 0. The number of azide groups is 1. The summed E-state index contributed by atoms with van der Waals surface area (Å²) in [6.07, 6.45) is 5.09. The molecule has 1 unspecified atom stereocenters. The molecule has 0 saturated heterocycles. The summed E-state index contributed by atoms with van der Waals surface area (Å²) in [5.41, 5.74) is 10.2. The van der Waals surface area contributed by atoms with E-state index < -0.39 is 0 Å². The monoisotopic (exact) mass is 219 g/mol. The highest BCUT2D eigenvalue weighted by atomic mass is 16.1. The average molecular weight is 219 g/mol. The van der Waals surface area contributed by atoms with Crippen molar-refractivity contribution in [2.45, 2.75) is 32.6 Å². The Morgan fingerprint density at radius 3 is 3.00 bits per heavy atom. The Hall–Kier alpha value is -1.54. The minimum atomic E-state index is 0.118. The maximum Gasteiger partial charge on any atom is 0.158 e. The first-order chi connectivity index (χ1) is 7.65. The van der Waals surface area contributed by atoms with Gasteiger partial charge in [-0.3, -0.25) is 4.79 Å². The van der Waals surface area contributed by atoms with Gasteiger partial charge in [0.25, 0.3) is 0 Å². The van der Waals surface area contributed by atoms with Crippen molar-refractivity contribution in [3.63, 3.8) is 0 Å². The van der Waals surface area contributed by atoms with Crippen molar-refractivity contribution in [2.75, 3.05) is 6.54 Å². The SMILES string of the molecule is C=C(C)C1CC=C(C(=O)CCN=[N+]=[N-])CC1. The van der Waals surface area contributed by atoms with Crippen molar-refractivity contribution in [1.82, 2.24) is 0 Å². The van der Waals surface area contributed by atoms with E-state index in [4.69, 9.17) is 5.53 Å². The second-order valence-electron chi connectivity index (χ2n) is 4.17. The van der Waals surface area contributed by atoms with Crippen LogP contribution < -0.4 is 0 Å². The first kappa shape index (κ1) is 12.5. The molecule has 0 aromatic rings. The number of nitrogens with zero attached hydrogens (tertiary/aromatic N) is 3. The topological polar surface area (TPSA) is 65.8 Å². The van der Waals surface area contributed by atoms with Gasteiger partial charge in [-0.2, -0.15) is 0 Å². The Morgan fingerprint density at radius 2 is 2.50 bits per heavy atom. The van der Waals surface area contributed by atoms with E-state index in [1.54, 1.807) is 0 Å². The van der Waals surface area contributed by atoms with Crippen LogP contribution in [0, 0.1) is 5.92 Å². The summed E-state index contributed by atoms with van der Waals surface area (Å²) in [4.78, 5) is 14.3. The average Bonchev–Trinajstić information content (AvgIpc) is 2.29. The summed E-state index contributed by atoms with van der Waals surface area (Å²) in [5.74, 6) is 0.640. The van der Waals surface area contributed by atoms with Crippen LogP contribution in [0.5, 0.6) is 0 Å². The van der Waals surface area contributed by atoms with Crippen molar-refractivity contribution in [3.8, 4) is 0 Å². The lowest BCUT2D eigenvalue weighted by molar-refractivity contribution is -0.115. The molecule has 0 spiro atoms. The zero-order valence-electron chi connectivity index (χ0n) is 9.65. The Bertz CT molecular complexity index is 364. The van der Waals surface area contributed by atoms with Crippen LogP contribution >= 0.6 is 0 Å². The first-order valence-corrected chi connectivity index (χ1v) is 5.53. The molecule has 4 heteroatoms. The van der Waals surface area contributed by atoms with E-state index in [0.29, 0.717) is 12.3 Å². The maximum absolute atomic E-state index is 11.7. The van der Waals surface area contributed by atoms with Crippen LogP contribution in [0.2, 0.25) is 0 Å². The number of rotatable bonds is 5. The van der Waals surface area contributed by atoms with Crippen molar-refractivity contribution in [2.24, 2.45) is 11.0 Å². The highest BCUT2D eigenvalue weighted by Crippen LogP contribution is 2.28. The standard InChI is InChI=1S/C12H17N3O/c1-9(2)10-3-5-11(6-4-10)12(16)7-8-14-15-13/h5,10H,1,3-4,6-8H2,2H3. The maximum atomic E-state index is 11.7. The molecule has 1 rings (SSSR count). The van der Waals surface area contributed by atoms with Crippen LogP contribution in [0.25, 0.3) is 10.4 Å². The van der Waals surface area contributed by atoms with Crippen LogP contribution in [0.15, 0.2) is 28.9 Å². The summed E-state index contributed by atoms with van der Waals surface area (Å²) >= 11 is 0. The lowest BCUT2D eigenvalue weighted by Crippen LogP contribution is -2.12. The van der Waals surface area contributed by atoms with Gasteiger partial charge in [0.1, 0.15) is 0 Å². The second-order valence-corrected chi connectivity index (χ2v) is 4.17. The minimum Gasteiger partial charge on any atom is -0.295 e. The number of hydrogen-bond acceptors (Lipinski definition) is 2. The quantitative estimate of drug-likeness (QED) is 0.302. The molecule has 0 radical (unpaired) electrons. The summed E-state index contributed by atoms with van der Waals surface area (Å²) in [5, 5.41) is 3.37. The smallest absolute Gasteiger partial charge is 0.158 e.